The quantitative estimate of drug-likeness (QED) is 0.532. The summed E-state index contributed by atoms with van der Waals surface area (Å²) in [5, 5.41) is 0.312. The Balaban J connectivity index is 2.67. The first-order valence-electron chi connectivity index (χ1n) is 3.93. The maximum atomic E-state index is 11.3. The van der Waals surface area contributed by atoms with Gasteiger partial charge in [-0.15, -0.1) is 0 Å². The highest BCUT2D eigenvalue weighted by Crippen LogP contribution is 2.18. The van der Waals surface area contributed by atoms with Crippen LogP contribution in [0.2, 0.25) is 5.15 Å². The van der Waals surface area contributed by atoms with Gasteiger partial charge in [-0.2, -0.15) is 0 Å². The van der Waals surface area contributed by atoms with Crippen LogP contribution in [0.3, 0.4) is 0 Å². The Labute approximate surface area is 85.1 Å². The van der Waals surface area contributed by atoms with Crippen molar-refractivity contribution in [3.63, 3.8) is 0 Å². The van der Waals surface area contributed by atoms with Crippen molar-refractivity contribution in [2.45, 2.75) is 0 Å². The molecule has 14 heavy (non-hydrogen) atoms. The van der Waals surface area contributed by atoms with E-state index in [1.165, 1.54) is 7.11 Å². The van der Waals surface area contributed by atoms with E-state index in [2.05, 4.69) is 9.72 Å². The summed E-state index contributed by atoms with van der Waals surface area (Å²) in [4.78, 5) is 15.2. The fourth-order valence-electron chi connectivity index (χ4n) is 1.22. The second-order valence-electron chi connectivity index (χ2n) is 2.72. The van der Waals surface area contributed by atoms with Gasteiger partial charge < -0.3 is 4.74 Å². The number of pyridine rings is 1. The molecule has 0 radical (unpaired) electrons. The molecule has 0 saturated heterocycles. The highest BCUT2D eigenvalue weighted by atomic mass is 35.5. The van der Waals surface area contributed by atoms with E-state index in [9.17, 15) is 4.79 Å². The van der Waals surface area contributed by atoms with Crippen LogP contribution >= 0.6 is 11.6 Å². The van der Waals surface area contributed by atoms with Crippen LogP contribution < -0.4 is 0 Å². The van der Waals surface area contributed by atoms with Crippen molar-refractivity contribution in [2.24, 2.45) is 0 Å². The summed E-state index contributed by atoms with van der Waals surface area (Å²) in [7, 11) is 1.32. The summed E-state index contributed by atoms with van der Waals surface area (Å²) in [6, 6.07) is 3.37. The zero-order valence-corrected chi connectivity index (χ0v) is 8.15. The summed E-state index contributed by atoms with van der Waals surface area (Å²) in [5.74, 6) is -0.453. The lowest BCUT2D eigenvalue weighted by Crippen LogP contribution is -2.04. The molecule has 0 fully saturated rings. The molecule has 5 heteroatoms. The summed E-state index contributed by atoms with van der Waals surface area (Å²) < 4.78 is 6.20. The van der Waals surface area contributed by atoms with E-state index in [0.717, 1.165) is 5.52 Å². The number of hydrogen-bond donors (Lipinski definition) is 0. The number of halogens is 1. The van der Waals surface area contributed by atoms with E-state index in [4.69, 9.17) is 11.6 Å². The van der Waals surface area contributed by atoms with Crippen molar-refractivity contribution in [2.75, 3.05) is 7.11 Å². The fourth-order valence-corrected chi connectivity index (χ4v) is 1.50. The van der Waals surface area contributed by atoms with Gasteiger partial charge in [0, 0.05) is 0 Å². The number of methoxy groups -OCH3 is 1. The average Bonchev–Trinajstić information content (AvgIpc) is 2.66. The summed E-state index contributed by atoms with van der Waals surface area (Å²) in [5.41, 5.74) is 1.17. The largest absolute Gasteiger partial charge is 0.465 e. The number of imidazole rings is 1. The highest BCUT2D eigenvalue weighted by molar-refractivity contribution is 6.32. The van der Waals surface area contributed by atoms with Crippen molar-refractivity contribution in [1.29, 1.82) is 0 Å². The van der Waals surface area contributed by atoms with Crippen molar-refractivity contribution in [1.82, 2.24) is 9.38 Å². The molecule has 4 nitrogen and oxygen atoms in total. The number of hydrogen-bond acceptors (Lipinski definition) is 3. The smallest absolute Gasteiger partial charge is 0.340 e. The van der Waals surface area contributed by atoms with Gasteiger partial charge in [-0.3, -0.25) is 4.40 Å². The van der Waals surface area contributed by atoms with Crippen LogP contribution in [0, 0.1) is 0 Å². The van der Waals surface area contributed by atoms with Crippen LogP contribution in [0.25, 0.3) is 5.52 Å². The molecule has 0 aliphatic rings. The van der Waals surface area contributed by atoms with Crippen LogP contribution in [0.1, 0.15) is 10.4 Å². The first kappa shape index (κ1) is 9.02. The van der Waals surface area contributed by atoms with E-state index in [1.54, 1.807) is 29.1 Å². The number of nitrogens with zero attached hydrogens (tertiary/aromatic N) is 2. The van der Waals surface area contributed by atoms with Gasteiger partial charge in [-0.25, -0.2) is 9.78 Å². The number of aromatic nitrogens is 2. The predicted molar refractivity (Wildman–Crippen MR) is 51.5 cm³/mol. The molecule has 0 bridgehead atoms. The SMILES string of the molecule is COC(=O)c1ccc2cncn2c1Cl. The minimum atomic E-state index is -0.453. The Kier molecular flexibility index (Phi) is 2.13. The van der Waals surface area contributed by atoms with Crippen molar-refractivity contribution >= 4 is 23.1 Å². The number of ether oxygens (including phenoxy) is 1. The zero-order chi connectivity index (χ0) is 10.1. The Morgan fingerprint density at radius 2 is 2.36 bits per heavy atom. The molecule has 0 aromatic carbocycles. The van der Waals surface area contributed by atoms with E-state index in [-0.39, 0.29) is 0 Å². The molecular weight excluding hydrogens is 204 g/mol. The number of fused-ring (bicyclic) bond motifs is 1. The number of carbonyl (C=O) groups is 1. The van der Waals surface area contributed by atoms with Crippen molar-refractivity contribution < 1.29 is 9.53 Å². The van der Waals surface area contributed by atoms with Gasteiger partial charge in [0.1, 0.15) is 11.5 Å². The lowest BCUT2D eigenvalue weighted by molar-refractivity contribution is 0.0600. The summed E-state index contributed by atoms with van der Waals surface area (Å²) >= 11 is 5.98. The lowest BCUT2D eigenvalue weighted by Gasteiger charge is -2.03. The average molecular weight is 211 g/mol. The molecule has 2 aromatic heterocycles. The van der Waals surface area contributed by atoms with Crippen LogP contribution in [0.5, 0.6) is 0 Å². The molecule has 0 aliphatic carbocycles. The Bertz CT molecular complexity index is 493. The third-order valence-corrected chi connectivity index (χ3v) is 2.31. The molecule has 0 N–H and O–H groups in total. The van der Waals surface area contributed by atoms with Crippen molar-refractivity contribution in [3.05, 3.63) is 35.4 Å². The normalized spacial score (nSPS) is 10.4. The molecule has 0 spiro atoms. The summed E-state index contributed by atoms with van der Waals surface area (Å²) in [6.45, 7) is 0. The van der Waals surface area contributed by atoms with E-state index in [0.29, 0.717) is 10.7 Å². The molecule has 2 aromatic rings. The van der Waals surface area contributed by atoms with Gasteiger partial charge in [0.25, 0.3) is 0 Å². The Morgan fingerprint density at radius 1 is 1.57 bits per heavy atom. The second-order valence-corrected chi connectivity index (χ2v) is 3.08. The number of rotatable bonds is 1. The van der Waals surface area contributed by atoms with Gasteiger partial charge in [0.2, 0.25) is 0 Å². The zero-order valence-electron chi connectivity index (χ0n) is 7.40. The molecule has 0 saturated carbocycles. The lowest BCUT2D eigenvalue weighted by atomic mass is 10.3. The van der Waals surface area contributed by atoms with Gasteiger partial charge >= 0.3 is 5.97 Å². The maximum Gasteiger partial charge on any atom is 0.340 e. The third-order valence-electron chi connectivity index (χ3n) is 1.93. The minimum Gasteiger partial charge on any atom is -0.465 e. The summed E-state index contributed by atoms with van der Waals surface area (Å²) in [6.07, 6.45) is 3.21. The van der Waals surface area contributed by atoms with Crippen LogP contribution in [0.15, 0.2) is 24.7 Å². The second kappa shape index (κ2) is 3.31. The first-order valence-corrected chi connectivity index (χ1v) is 4.30. The van der Waals surface area contributed by atoms with E-state index >= 15 is 0 Å². The fraction of sp³-hybridized carbons (Fsp3) is 0.111. The topological polar surface area (TPSA) is 43.6 Å². The molecule has 0 aliphatic heterocycles. The Hall–Kier alpha value is -1.55. The van der Waals surface area contributed by atoms with Crippen LogP contribution in [-0.4, -0.2) is 22.5 Å². The van der Waals surface area contributed by atoms with Crippen LogP contribution in [-0.2, 0) is 4.74 Å². The number of carbonyl (C=O) groups excluding carboxylic acids is 1. The van der Waals surface area contributed by atoms with E-state index in [1.807, 2.05) is 0 Å². The first-order chi connectivity index (χ1) is 6.74. The highest BCUT2D eigenvalue weighted by Gasteiger charge is 2.12. The monoisotopic (exact) mass is 210 g/mol. The van der Waals surface area contributed by atoms with Gasteiger partial charge in [-0.05, 0) is 12.1 Å². The molecule has 0 amide bonds. The minimum absolute atomic E-state index is 0.312. The van der Waals surface area contributed by atoms with Gasteiger partial charge in [0.15, 0.2) is 0 Å². The van der Waals surface area contributed by atoms with Crippen molar-refractivity contribution in [3.8, 4) is 0 Å². The van der Waals surface area contributed by atoms with Crippen LogP contribution in [0.4, 0.5) is 0 Å². The predicted octanol–water partition coefficient (Wildman–Crippen LogP) is 1.77. The molecule has 72 valence electrons. The third kappa shape index (κ3) is 1.24. The molecule has 0 unspecified atom stereocenters. The molecular formula is C9H7ClN2O2. The maximum absolute atomic E-state index is 11.3. The molecule has 0 atom stereocenters. The van der Waals surface area contributed by atoms with E-state index < -0.39 is 5.97 Å². The number of esters is 1. The van der Waals surface area contributed by atoms with Gasteiger partial charge in [-0.1, -0.05) is 11.6 Å². The van der Waals surface area contributed by atoms with Gasteiger partial charge in [0.05, 0.1) is 24.4 Å². The molecule has 2 heterocycles. The standard InChI is InChI=1S/C9H7ClN2O2/c1-14-9(13)7-3-2-6-4-11-5-12(6)8(7)10/h2-5H,1H3. The molecule has 2 rings (SSSR count). The Morgan fingerprint density at radius 3 is 3.07 bits per heavy atom.